The van der Waals surface area contributed by atoms with E-state index in [4.69, 9.17) is 0 Å². The van der Waals surface area contributed by atoms with Gasteiger partial charge >= 0.3 is 0 Å². The zero-order valence-corrected chi connectivity index (χ0v) is 9.82. The second-order valence-electron chi connectivity index (χ2n) is 4.59. The van der Waals surface area contributed by atoms with Crippen LogP contribution in [-0.2, 0) is 0 Å². The second kappa shape index (κ2) is 3.50. The highest BCUT2D eigenvalue weighted by atomic mass is 32.1. The number of rotatable bonds is 4. The maximum atomic E-state index is 4.50. The van der Waals surface area contributed by atoms with Gasteiger partial charge in [0.1, 0.15) is 5.82 Å². The van der Waals surface area contributed by atoms with Crippen molar-refractivity contribution in [2.75, 3.05) is 5.32 Å². The molecule has 0 saturated heterocycles. The lowest BCUT2D eigenvalue weighted by Crippen LogP contribution is -2.29. The van der Waals surface area contributed by atoms with Gasteiger partial charge in [-0.05, 0) is 33.1 Å². The molecule has 1 saturated carbocycles. The first-order valence-electron chi connectivity index (χ1n) is 5.22. The van der Waals surface area contributed by atoms with Gasteiger partial charge in [-0.2, -0.15) is 4.37 Å². The smallest absolute Gasteiger partial charge is 0.202 e. The first-order valence-corrected chi connectivity index (χ1v) is 6.00. The molecule has 0 aliphatic heterocycles. The van der Waals surface area contributed by atoms with Gasteiger partial charge in [0.2, 0.25) is 5.13 Å². The van der Waals surface area contributed by atoms with E-state index in [-0.39, 0.29) is 5.54 Å². The van der Waals surface area contributed by atoms with E-state index in [0.29, 0.717) is 5.92 Å². The van der Waals surface area contributed by atoms with Crippen molar-refractivity contribution >= 4 is 16.7 Å². The quantitative estimate of drug-likeness (QED) is 0.832. The van der Waals surface area contributed by atoms with Gasteiger partial charge in [0, 0.05) is 23.0 Å². The topological polar surface area (TPSA) is 37.8 Å². The molecule has 0 amide bonds. The standard InChI is InChI=1S/C10H17N3S/c1-4-10(2,3)12-9-11-8(13-14-9)7-5-6-7/h7H,4-6H2,1-3H3,(H,11,12,13). The molecule has 1 aliphatic carbocycles. The number of nitrogens with zero attached hydrogens (tertiary/aromatic N) is 2. The summed E-state index contributed by atoms with van der Waals surface area (Å²) in [5.41, 5.74) is 0.125. The van der Waals surface area contributed by atoms with Crippen LogP contribution in [0.3, 0.4) is 0 Å². The SMILES string of the molecule is CCC(C)(C)Nc1nc(C2CC2)ns1. The average Bonchev–Trinajstić information content (AvgIpc) is 2.89. The van der Waals surface area contributed by atoms with Crippen LogP contribution in [0.15, 0.2) is 0 Å². The van der Waals surface area contributed by atoms with Crippen LogP contribution < -0.4 is 5.32 Å². The molecule has 0 radical (unpaired) electrons. The van der Waals surface area contributed by atoms with E-state index in [1.165, 1.54) is 24.4 Å². The van der Waals surface area contributed by atoms with Gasteiger partial charge in [0.25, 0.3) is 0 Å². The molecule has 4 heteroatoms. The van der Waals surface area contributed by atoms with Crippen molar-refractivity contribution in [2.45, 2.75) is 51.5 Å². The third kappa shape index (κ3) is 2.23. The third-order valence-electron chi connectivity index (χ3n) is 2.71. The fourth-order valence-electron chi connectivity index (χ4n) is 1.17. The highest BCUT2D eigenvalue weighted by Gasteiger charge is 2.28. The van der Waals surface area contributed by atoms with E-state index < -0.39 is 0 Å². The lowest BCUT2D eigenvalue weighted by atomic mass is 10.0. The van der Waals surface area contributed by atoms with Crippen molar-refractivity contribution in [1.29, 1.82) is 0 Å². The van der Waals surface area contributed by atoms with Crippen LogP contribution in [-0.4, -0.2) is 14.9 Å². The number of hydrogen-bond acceptors (Lipinski definition) is 4. The van der Waals surface area contributed by atoms with E-state index in [1.807, 2.05) is 0 Å². The minimum absolute atomic E-state index is 0.125. The van der Waals surface area contributed by atoms with Crippen molar-refractivity contribution in [3.8, 4) is 0 Å². The molecular weight excluding hydrogens is 194 g/mol. The van der Waals surface area contributed by atoms with Gasteiger partial charge in [0.15, 0.2) is 0 Å². The summed E-state index contributed by atoms with van der Waals surface area (Å²) in [5, 5.41) is 4.39. The lowest BCUT2D eigenvalue weighted by molar-refractivity contribution is 0.546. The predicted molar refractivity (Wildman–Crippen MR) is 59.9 cm³/mol. The van der Waals surface area contributed by atoms with E-state index in [2.05, 4.69) is 35.4 Å². The molecule has 1 heterocycles. The van der Waals surface area contributed by atoms with E-state index in [9.17, 15) is 0 Å². The first-order chi connectivity index (χ1) is 6.61. The van der Waals surface area contributed by atoms with E-state index >= 15 is 0 Å². The van der Waals surface area contributed by atoms with Gasteiger partial charge in [0.05, 0.1) is 0 Å². The largest absolute Gasteiger partial charge is 0.355 e. The number of anilines is 1. The minimum Gasteiger partial charge on any atom is -0.355 e. The Morgan fingerprint density at radius 2 is 2.21 bits per heavy atom. The maximum Gasteiger partial charge on any atom is 0.202 e. The Morgan fingerprint density at radius 1 is 1.50 bits per heavy atom. The average molecular weight is 211 g/mol. The van der Waals surface area contributed by atoms with Crippen LogP contribution >= 0.6 is 11.5 Å². The normalized spacial score (nSPS) is 17.1. The molecule has 14 heavy (non-hydrogen) atoms. The Hall–Kier alpha value is -0.640. The van der Waals surface area contributed by atoms with Crippen LogP contribution in [0.25, 0.3) is 0 Å². The summed E-state index contributed by atoms with van der Waals surface area (Å²) in [6, 6.07) is 0. The molecule has 0 aromatic carbocycles. The highest BCUT2D eigenvalue weighted by molar-refractivity contribution is 7.09. The lowest BCUT2D eigenvalue weighted by Gasteiger charge is -2.23. The summed E-state index contributed by atoms with van der Waals surface area (Å²) < 4.78 is 4.36. The van der Waals surface area contributed by atoms with Crippen LogP contribution in [0.4, 0.5) is 5.13 Å². The summed E-state index contributed by atoms with van der Waals surface area (Å²) >= 11 is 1.49. The summed E-state index contributed by atoms with van der Waals surface area (Å²) in [4.78, 5) is 4.50. The molecule has 1 N–H and O–H groups in total. The van der Waals surface area contributed by atoms with Crippen molar-refractivity contribution in [3.05, 3.63) is 5.82 Å². The van der Waals surface area contributed by atoms with Gasteiger partial charge in [-0.1, -0.05) is 6.92 Å². The number of nitrogens with one attached hydrogen (secondary N) is 1. The molecule has 1 fully saturated rings. The third-order valence-corrected chi connectivity index (χ3v) is 3.36. The van der Waals surface area contributed by atoms with Crippen LogP contribution in [0.2, 0.25) is 0 Å². The van der Waals surface area contributed by atoms with E-state index in [1.54, 1.807) is 0 Å². The summed E-state index contributed by atoms with van der Waals surface area (Å²) in [7, 11) is 0. The molecule has 1 aromatic rings. The Kier molecular flexibility index (Phi) is 2.47. The van der Waals surface area contributed by atoms with Crippen molar-refractivity contribution in [2.24, 2.45) is 0 Å². The van der Waals surface area contributed by atoms with Gasteiger partial charge in [-0.15, -0.1) is 0 Å². The Labute approximate surface area is 89.1 Å². The fraction of sp³-hybridized carbons (Fsp3) is 0.800. The zero-order chi connectivity index (χ0) is 10.2. The van der Waals surface area contributed by atoms with E-state index in [0.717, 1.165) is 17.4 Å². The first kappa shape index (κ1) is 9.90. The molecule has 2 rings (SSSR count). The zero-order valence-electron chi connectivity index (χ0n) is 9.00. The van der Waals surface area contributed by atoms with Crippen LogP contribution in [0.5, 0.6) is 0 Å². The predicted octanol–water partition coefficient (Wildman–Crippen LogP) is 3.02. The number of hydrogen-bond donors (Lipinski definition) is 1. The van der Waals surface area contributed by atoms with Crippen molar-refractivity contribution < 1.29 is 0 Å². The summed E-state index contributed by atoms with van der Waals surface area (Å²) in [5.74, 6) is 1.70. The highest BCUT2D eigenvalue weighted by Crippen LogP contribution is 2.39. The minimum atomic E-state index is 0.125. The Balaban J connectivity index is 2.02. The van der Waals surface area contributed by atoms with Crippen LogP contribution in [0, 0.1) is 0 Å². The van der Waals surface area contributed by atoms with Crippen molar-refractivity contribution in [3.63, 3.8) is 0 Å². The molecule has 1 aromatic heterocycles. The van der Waals surface area contributed by atoms with Gasteiger partial charge in [-0.3, -0.25) is 0 Å². The molecule has 78 valence electrons. The fourth-order valence-corrected chi connectivity index (χ4v) is 2.00. The molecule has 3 nitrogen and oxygen atoms in total. The molecule has 0 unspecified atom stereocenters. The monoisotopic (exact) mass is 211 g/mol. The molecule has 0 bridgehead atoms. The molecule has 0 atom stereocenters. The number of aromatic nitrogens is 2. The van der Waals surface area contributed by atoms with Crippen molar-refractivity contribution in [1.82, 2.24) is 9.36 Å². The molecule has 1 aliphatic rings. The summed E-state index contributed by atoms with van der Waals surface area (Å²) in [6.45, 7) is 6.55. The maximum absolute atomic E-state index is 4.50. The van der Waals surface area contributed by atoms with Gasteiger partial charge < -0.3 is 5.32 Å². The Morgan fingerprint density at radius 3 is 2.79 bits per heavy atom. The summed E-state index contributed by atoms with van der Waals surface area (Å²) in [6.07, 6.45) is 3.63. The van der Waals surface area contributed by atoms with Crippen LogP contribution in [0.1, 0.15) is 51.8 Å². The second-order valence-corrected chi connectivity index (χ2v) is 5.35. The Bertz CT molecular complexity index is 315. The van der Waals surface area contributed by atoms with Gasteiger partial charge in [-0.25, -0.2) is 4.98 Å². The molecular formula is C10H17N3S. The molecule has 0 spiro atoms.